The Labute approximate surface area is 201 Å². The molecule has 1 N–H and O–H groups in total. The van der Waals surface area contributed by atoms with Gasteiger partial charge >= 0.3 is 0 Å². The van der Waals surface area contributed by atoms with E-state index in [1.54, 1.807) is 37.3 Å². The van der Waals surface area contributed by atoms with Gasteiger partial charge in [-0.05, 0) is 61.5 Å². The van der Waals surface area contributed by atoms with Crippen molar-refractivity contribution < 1.29 is 17.9 Å². The third-order valence-corrected chi connectivity index (χ3v) is 6.92. The monoisotopic (exact) mass is 512 g/mol. The van der Waals surface area contributed by atoms with E-state index in [2.05, 4.69) is 5.32 Å². The van der Waals surface area contributed by atoms with E-state index in [-0.39, 0.29) is 21.3 Å². The first-order chi connectivity index (χ1) is 15.2. The van der Waals surface area contributed by atoms with Gasteiger partial charge in [0, 0.05) is 10.0 Å². The average Bonchev–Trinajstić information content (AvgIpc) is 2.76. The van der Waals surface area contributed by atoms with Crippen molar-refractivity contribution in [2.75, 3.05) is 22.8 Å². The van der Waals surface area contributed by atoms with Crippen LogP contribution in [0.1, 0.15) is 6.92 Å². The molecule has 0 aliphatic heterocycles. The van der Waals surface area contributed by atoms with Crippen LogP contribution in [-0.2, 0) is 14.8 Å². The van der Waals surface area contributed by atoms with Crippen molar-refractivity contribution in [2.45, 2.75) is 11.8 Å². The number of hydrogen-bond donors (Lipinski definition) is 1. The number of anilines is 2. The molecule has 0 bridgehead atoms. The molecule has 168 valence electrons. The second-order valence-electron chi connectivity index (χ2n) is 6.54. The van der Waals surface area contributed by atoms with Gasteiger partial charge in [0.05, 0.1) is 27.9 Å². The Hall–Kier alpha value is -2.45. The fraction of sp³-hybridized carbons (Fsp3) is 0.136. The van der Waals surface area contributed by atoms with Crippen LogP contribution in [-0.4, -0.2) is 27.5 Å². The van der Waals surface area contributed by atoms with Crippen molar-refractivity contribution in [3.63, 3.8) is 0 Å². The Balaban J connectivity index is 2.02. The lowest BCUT2D eigenvalue weighted by molar-refractivity contribution is -0.114. The molecule has 0 aliphatic rings. The minimum absolute atomic E-state index is 0.0261. The second kappa shape index (κ2) is 10.4. The summed E-state index contributed by atoms with van der Waals surface area (Å²) in [5.74, 6) is -0.292. The lowest BCUT2D eigenvalue weighted by Gasteiger charge is -2.26. The fourth-order valence-electron chi connectivity index (χ4n) is 2.89. The number of carbonyl (C=O) groups excluding carboxylic acids is 1. The summed E-state index contributed by atoms with van der Waals surface area (Å²) in [6.07, 6.45) is 0. The topological polar surface area (TPSA) is 75.7 Å². The van der Waals surface area contributed by atoms with Crippen molar-refractivity contribution in [3.8, 4) is 5.75 Å². The summed E-state index contributed by atoms with van der Waals surface area (Å²) in [6, 6.07) is 16.9. The lowest BCUT2D eigenvalue weighted by Crippen LogP contribution is -2.38. The predicted molar refractivity (Wildman–Crippen MR) is 129 cm³/mol. The summed E-state index contributed by atoms with van der Waals surface area (Å²) in [4.78, 5) is 12.9. The fourth-order valence-corrected chi connectivity index (χ4v) is 4.78. The molecule has 0 fully saturated rings. The van der Waals surface area contributed by atoms with Crippen LogP contribution in [0.15, 0.2) is 71.6 Å². The molecule has 32 heavy (non-hydrogen) atoms. The van der Waals surface area contributed by atoms with Crippen LogP contribution < -0.4 is 14.4 Å². The highest BCUT2D eigenvalue weighted by atomic mass is 35.5. The van der Waals surface area contributed by atoms with E-state index in [4.69, 9.17) is 39.5 Å². The normalized spacial score (nSPS) is 11.1. The number of halogens is 3. The number of amides is 1. The van der Waals surface area contributed by atoms with Crippen LogP contribution in [0.25, 0.3) is 0 Å². The van der Waals surface area contributed by atoms with Crippen LogP contribution >= 0.6 is 34.8 Å². The Kier molecular flexibility index (Phi) is 7.90. The molecule has 0 radical (unpaired) electrons. The van der Waals surface area contributed by atoms with E-state index in [0.717, 1.165) is 4.31 Å². The third-order valence-electron chi connectivity index (χ3n) is 4.33. The van der Waals surface area contributed by atoms with Crippen LogP contribution in [0.3, 0.4) is 0 Å². The maximum Gasteiger partial charge on any atom is 0.264 e. The molecule has 0 saturated carbocycles. The Bertz CT molecular complexity index is 1220. The number of carbonyl (C=O) groups is 1. The van der Waals surface area contributed by atoms with E-state index in [1.807, 2.05) is 0 Å². The highest BCUT2D eigenvalue weighted by Crippen LogP contribution is 2.33. The minimum atomic E-state index is -4.14. The number of rotatable bonds is 8. The first-order valence-corrected chi connectivity index (χ1v) is 12.0. The van der Waals surface area contributed by atoms with Crippen molar-refractivity contribution in [3.05, 3.63) is 81.8 Å². The molecule has 0 unspecified atom stereocenters. The van der Waals surface area contributed by atoms with Gasteiger partial charge in [0.25, 0.3) is 10.0 Å². The summed E-state index contributed by atoms with van der Waals surface area (Å²) in [5.41, 5.74) is 0.489. The standard InChI is InChI=1S/C22H19Cl3N2O4S/c1-2-31-21-6-4-3-5-20(21)27(32(29,30)17-10-7-15(23)8-11-17)14-22(28)26-19-13-16(24)9-12-18(19)25/h3-13H,2,14H2,1H3,(H,26,28). The number of ether oxygens (including phenoxy) is 1. The zero-order valence-corrected chi connectivity index (χ0v) is 20.0. The average molecular weight is 514 g/mol. The van der Waals surface area contributed by atoms with Gasteiger partial charge in [0.15, 0.2) is 0 Å². The highest BCUT2D eigenvalue weighted by molar-refractivity contribution is 7.92. The molecule has 0 spiro atoms. The lowest BCUT2D eigenvalue weighted by atomic mass is 10.3. The quantitative estimate of drug-likeness (QED) is 0.408. The molecule has 0 aromatic heterocycles. The zero-order chi connectivity index (χ0) is 23.3. The molecular weight excluding hydrogens is 495 g/mol. The van der Waals surface area contributed by atoms with Gasteiger partial charge in [-0.2, -0.15) is 0 Å². The third kappa shape index (κ3) is 5.66. The van der Waals surface area contributed by atoms with E-state index in [1.165, 1.54) is 36.4 Å². The van der Waals surface area contributed by atoms with Crippen molar-refractivity contribution >= 4 is 62.1 Å². The van der Waals surface area contributed by atoms with Gasteiger partial charge in [-0.1, -0.05) is 46.9 Å². The molecule has 3 rings (SSSR count). The van der Waals surface area contributed by atoms with Crippen LogP contribution in [0.4, 0.5) is 11.4 Å². The highest BCUT2D eigenvalue weighted by Gasteiger charge is 2.29. The largest absolute Gasteiger partial charge is 0.492 e. The number of hydrogen-bond acceptors (Lipinski definition) is 4. The van der Waals surface area contributed by atoms with Gasteiger partial charge in [-0.3, -0.25) is 9.10 Å². The van der Waals surface area contributed by atoms with Crippen molar-refractivity contribution in [2.24, 2.45) is 0 Å². The van der Waals surface area contributed by atoms with E-state index in [9.17, 15) is 13.2 Å². The Morgan fingerprint density at radius 1 is 0.969 bits per heavy atom. The van der Waals surface area contributed by atoms with Crippen LogP contribution in [0.2, 0.25) is 15.1 Å². The molecule has 10 heteroatoms. The first kappa shape index (κ1) is 24.2. The SMILES string of the molecule is CCOc1ccccc1N(CC(=O)Nc1cc(Cl)ccc1Cl)S(=O)(=O)c1ccc(Cl)cc1. The summed E-state index contributed by atoms with van der Waals surface area (Å²) in [5, 5.41) is 3.64. The van der Waals surface area contributed by atoms with Gasteiger partial charge in [-0.25, -0.2) is 8.42 Å². The molecule has 0 aliphatic carbocycles. The van der Waals surface area contributed by atoms with E-state index >= 15 is 0 Å². The summed E-state index contributed by atoms with van der Waals surface area (Å²) >= 11 is 18.0. The van der Waals surface area contributed by atoms with E-state index in [0.29, 0.717) is 22.4 Å². The molecule has 1 amide bonds. The summed E-state index contributed by atoms with van der Waals surface area (Å²) < 4.78 is 33.6. The van der Waals surface area contributed by atoms with Crippen molar-refractivity contribution in [1.29, 1.82) is 0 Å². The molecule has 0 saturated heterocycles. The molecule has 0 atom stereocenters. The van der Waals surface area contributed by atoms with Crippen LogP contribution in [0.5, 0.6) is 5.75 Å². The molecular formula is C22H19Cl3N2O4S. The van der Waals surface area contributed by atoms with Crippen LogP contribution in [0, 0.1) is 0 Å². The second-order valence-corrected chi connectivity index (χ2v) is 9.68. The van der Waals surface area contributed by atoms with Gasteiger partial charge < -0.3 is 10.1 Å². The number of para-hydroxylation sites is 2. The molecule has 0 heterocycles. The zero-order valence-electron chi connectivity index (χ0n) is 16.9. The van der Waals surface area contributed by atoms with Crippen molar-refractivity contribution in [1.82, 2.24) is 0 Å². The first-order valence-electron chi connectivity index (χ1n) is 9.47. The Morgan fingerprint density at radius 3 is 2.31 bits per heavy atom. The van der Waals surface area contributed by atoms with Gasteiger partial charge in [-0.15, -0.1) is 0 Å². The smallest absolute Gasteiger partial charge is 0.264 e. The molecule has 3 aromatic rings. The number of benzene rings is 3. The van der Waals surface area contributed by atoms with E-state index < -0.39 is 22.5 Å². The Morgan fingerprint density at radius 2 is 1.62 bits per heavy atom. The summed E-state index contributed by atoms with van der Waals surface area (Å²) in [7, 11) is -4.14. The number of sulfonamides is 1. The number of nitrogens with one attached hydrogen (secondary N) is 1. The van der Waals surface area contributed by atoms with Gasteiger partial charge in [0.2, 0.25) is 5.91 Å². The summed E-state index contributed by atoms with van der Waals surface area (Å²) in [6.45, 7) is 1.57. The molecule has 6 nitrogen and oxygen atoms in total. The number of nitrogens with zero attached hydrogens (tertiary/aromatic N) is 1. The van der Waals surface area contributed by atoms with Gasteiger partial charge in [0.1, 0.15) is 12.3 Å². The minimum Gasteiger partial charge on any atom is -0.492 e. The predicted octanol–water partition coefficient (Wildman–Crippen LogP) is 5.88. The maximum absolute atomic E-state index is 13.5. The maximum atomic E-state index is 13.5. The molecule has 3 aromatic carbocycles.